The third kappa shape index (κ3) is 3.90. The average molecular weight is 346 g/mol. The Kier molecular flexibility index (Phi) is 5.01. The van der Waals surface area contributed by atoms with Crippen LogP contribution in [0, 0.1) is 5.92 Å². The number of unbranched alkanes of at least 4 members (excludes halogenated alkanes) is 1. The first-order chi connectivity index (χ1) is 11.8. The number of nitrogens with one attached hydrogen (secondary N) is 1. The molecular weight excluding hydrogens is 318 g/mol. The molecular formula is C19H27N3OS. The minimum atomic E-state index is 0.427. The van der Waals surface area contributed by atoms with E-state index in [9.17, 15) is 0 Å². The van der Waals surface area contributed by atoms with Crippen molar-refractivity contribution in [2.45, 2.75) is 57.8 Å². The quantitative estimate of drug-likeness (QED) is 0.813. The first-order valence-corrected chi connectivity index (χ1v) is 10.1. The summed E-state index contributed by atoms with van der Waals surface area (Å²) in [5, 5.41) is 7.11. The summed E-state index contributed by atoms with van der Waals surface area (Å²) < 4.78 is 6.39. The molecule has 0 aromatic carbocycles. The maximum Gasteiger partial charge on any atom is 0.0749 e. The molecule has 2 atom stereocenters. The summed E-state index contributed by atoms with van der Waals surface area (Å²) in [6, 6.07) is 6.51. The zero-order valence-corrected chi connectivity index (χ0v) is 15.2. The van der Waals surface area contributed by atoms with Crippen LogP contribution < -0.4 is 0 Å². The molecule has 1 saturated heterocycles. The zero-order valence-electron chi connectivity index (χ0n) is 14.4. The van der Waals surface area contributed by atoms with Crippen LogP contribution in [-0.2, 0) is 11.3 Å². The molecule has 4 nitrogen and oxygen atoms in total. The van der Waals surface area contributed by atoms with E-state index in [-0.39, 0.29) is 0 Å². The number of morpholine rings is 1. The molecule has 5 heteroatoms. The van der Waals surface area contributed by atoms with E-state index >= 15 is 0 Å². The van der Waals surface area contributed by atoms with Gasteiger partial charge in [0, 0.05) is 30.7 Å². The van der Waals surface area contributed by atoms with Gasteiger partial charge < -0.3 is 4.74 Å². The van der Waals surface area contributed by atoms with E-state index in [4.69, 9.17) is 4.74 Å². The van der Waals surface area contributed by atoms with Gasteiger partial charge in [-0.05, 0) is 43.4 Å². The number of hydrogen-bond acceptors (Lipinski definition) is 4. The van der Waals surface area contributed by atoms with Gasteiger partial charge in [-0.1, -0.05) is 19.8 Å². The van der Waals surface area contributed by atoms with E-state index in [1.54, 1.807) is 0 Å². The Labute approximate surface area is 148 Å². The van der Waals surface area contributed by atoms with Crippen molar-refractivity contribution < 1.29 is 4.74 Å². The summed E-state index contributed by atoms with van der Waals surface area (Å²) in [5.74, 6) is 0.820. The first kappa shape index (κ1) is 16.3. The van der Waals surface area contributed by atoms with Gasteiger partial charge in [0.15, 0.2) is 0 Å². The Bertz CT molecular complexity index is 635. The summed E-state index contributed by atoms with van der Waals surface area (Å²) in [6.45, 7) is 5.50. The predicted molar refractivity (Wildman–Crippen MR) is 98.1 cm³/mol. The second-order valence-electron chi connectivity index (χ2n) is 7.21. The van der Waals surface area contributed by atoms with Crippen molar-refractivity contribution in [1.29, 1.82) is 0 Å². The van der Waals surface area contributed by atoms with E-state index in [0.29, 0.717) is 12.2 Å². The van der Waals surface area contributed by atoms with Crippen molar-refractivity contribution in [3.8, 4) is 10.6 Å². The number of nitrogens with zero attached hydrogens (tertiary/aromatic N) is 2. The molecule has 0 radical (unpaired) electrons. The van der Waals surface area contributed by atoms with Crippen LogP contribution in [0.1, 0.15) is 43.9 Å². The van der Waals surface area contributed by atoms with Gasteiger partial charge in [0.2, 0.25) is 0 Å². The highest BCUT2D eigenvalue weighted by molar-refractivity contribution is 7.15. The van der Waals surface area contributed by atoms with Crippen molar-refractivity contribution in [1.82, 2.24) is 15.1 Å². The van der Waals surface area contributed by atoms with E-state index < -0.39 is 0 Å². The van der Waals surface area contributed by atoms with Gasteiger partial charge in [-0.3, -0.25) is 10.00 Å². The van der Waals surface area contributed by atoms with Crippen LogP contribution >= 0.6 is 11.3 Å². The Hall–Kier alpha value is -1.17. The largest absolute Gasteiger partial charge is 0.372 e. The number of hydrogen-bond donors (Lipinski definition) is 1. The molecule has 0 bridgehead atoms. The molecule has 130 valence electrons. The smallest absolute Gasteiger partial charge is 0.0749 e. The van der Waals surface area contributed by atoms with Crippen LogP contribution in [-0.4, -0.2) is 40.4 Å². The van der Waals surface area contributed by atoms with Crippen LogP contribution in [0.5, 0.6) is 0 Å². The fraction of sp³-hybridized carbons (Fsp3) is 0.632. The second kappa shape index (κ2) is 7.38. The fourth-order valence-electron chi connectivity index (χ4n) is 3.62. The molecule has 1 saturated carbocycles. The third-order valence-corrected chi connectivity index (χ3v) is 6.21. The minimum Gasteiger partial charge on any atom is -0.372 e. The van der Waals surface area contributed by atoms with Crippen molar-refractivity contribution in [3.05, 3.63) is 29.3 Å². The normalized spacial score (nSPS) is 25.2. The predicted octanol–water partition coefficient (Wildman–Crippen LogP) is 4.31. The number of rotatable bonds is 7. The number of aromatic amines is 1. The standard InChI is InChI=1S/C19H27N3OS/c1-2-3-4-15-11-22(13-18(23-15)14-5-6-14)12-16-7-8-19(24-16)17-9-10-20-21-17/h7-10,14-15,18H,2-6,11-13H2,1H3,(H,20,21)/t15-,18-/m1/s1. The molecule has 4 rings (SSSR count). The molecule has 2 aromatic heterocycles. The molecule has 24 heavy (non-hydrogen) atoms. The molecule has 0 unspecified atom stereocenters. The lowest BCUT2D eigenvalue weighted by atomic mass is 10.1. The van der Waals surface area contributed by atoms with Crippen molar-refractivity contribution in [2.24, 2.45) is 5.92 Å². The average Bonchev–Trinajstić information content (AvgIpc) is 3.10. The van der Waals surface area contributed by atoms with Crippen LogP contribution in [0.4, 0.5) is 0 Å². The number of aromatic nitrogens is 2. The van der Waals surface area contributed by atoms with Crippen LogP contribution in [0.25, 0.3) is 10.6 Å². The molecule has 1 aliphatic carbocycles. The van der Waals surface area contributed by atoms with E-state index in [1.807, 2.05) is 23.6 Å². The van der Waals surface area contributed by atoms with Gasteiger partial charge in [0.1, 0.15) is 0 Å². The van der Waals surface area contributed by atoms with E-state index in [0.717, 1.165) is 31.2 Å². The van der Waals surface area contributed by atoms with Gasteiger partial charge in [0.05, 0.1) is 22.8 Å². The van der Waals surface area contributed by atoms with Crippen LogP contribution in [0.3, 0.4) is 0 Å². The van der Waals surface area contributed by atoms with Crippen molar-refractivity contribution in [2.75, 3.05) is 13.1 Å². The monoisotopic (exact) mass is 345 g/mol. The second-order valence-corrected chi connectivity index (χ2v) is 8.37. The minimum absolute atomic E-state index is 0.427. The molecule has 1 N–H and O–H groups in total. The lowest BCUT2D eigenvalue weighted by Gasteiger charge is -2.38. The van der Waals surface area contributed by atoms with Gasteiger partial charge in [-0.25, -0.2) is 0 Å². The molecule has 1 aliphatic heterocycles. The summed E-state index contributed by atoms with van der Waals surface area (Å²) in [5.41, 5.74) is 1.12. The SMILES string of the molecule is CCCC[C@@H]1CN(Cc2ccc(-c3ccn[nH]3)s2)C[C@H](C2CC2)O1. The Balaban J connectivity index is 1.40. The maximum absolute atomic E-state index is 6.39. The number of ether oxygens (including phenoxy) is 1. The molecule has 0 spiro atoms. The highest BCUT2D eigenvalue weighted by Crippen LogP contribution is 2.38. The molecule has 3 heterocycles. The highest BCUT2D eigenvalue weighted by Gasteiger charge is 2.38. The van der Waals surface area contributed by atoms with Crippen LogP contribution in [0.15, 0.2) is 24.4 Å². The first-order valence-electron chi connectivity index (χ1n) is 9.28. The topological polar surface area (TPSA) is 41.2 Å². The van der Waals surface area contributed by atoms with E-state index in [1.165, 1.54) is 41.9 Å². The number of H-pyrrole nitrogens is 1. The zero-order chi connectivity index (χ0) is 16.4. The van der Waals surface area contributed by atoms with E-state index in [2.05, 4.69) is 34.2 Å². The number of thiophene rings is 1. The van der Waals surface area contributed by atoms with Gasteiger partial charge in [-0.15, -0.1) is 11.3 Å². The Morgan fingerprint density at radius 2 is 2.21 bits per heavy atom. The molecule has 2 aliphatic rings. The third-order valence-electron chi connectivity index (χ3n) is 5.10. The lowest BCUT2D eigenvalue weighted by molar-refractivity contribution is -0.0991. The van der Waals surface area contributed by atoms with Gasteiger partial charge in [0.25, 0.3) is 0 Å². The summed E-state index contributed by atoms with van der Waals surface area (Å²) in [7, 11) is 0. The Morgan fingerprint density at radius 3 is 2.96 bits per heavy atom. The van der Waals surface area contributed by atoms with Gasteiger partial charge in [-0.2, -0.15) is 5.10 Å². The molecule has 0 amide bonds. The highest BCUT2D eigenvalue weighted by atomic mass is 32.1. The molecule has 2 fully saturated rings. The fourth-order valence-corrected chi connectivity index (χ4v) is 4.65. The van der Waals surface area contributed by atoms with Crippen molar-refractivity contribution >= 4 is 11.3 Å². The molecule has 2 aromatic rings. The summed E-state index contributed by atoms with van der Waals surface area (Å²) in [4.78, 5) is 5.33. The summed E-state index contributed by atoms with van der Waals surface area (Å²) >= 11 is 1.87. The van der Waals surface area contributed by atoms with Gasteiger partial charge >= 0.3 is 0 Å². The lowest BCUT2D eigenvalue weighted by Crippen LogP contribution is -2.47. The summed E-state index contributed by atoms with van der Waals surface area (Å²) in [6.07, 6.45) is 9.17. The van der Waals surface area contributed by atoms with Crippen LogP contribution in [0.2, 0.25) is 0 Å². The maximum atomic E-state index is 6.39. The van der Waals surface area contributed by atoms with Crippen molar-refractivity contribution in [3.63, 3.8) is 0 Å². The Morgan fingerprint density at radius 1 is 1.29 bits per heavy atom.